The average molecular weight is 524 g/mol. The van der Waals surface area contributed by atoms with Gasteiger partial charge in [-0.1, -0.05) is 36.4 Å². The molecule has 0 N–H and O–H groups in total. The Morgan fingerprint density at radius 2 is 1.68 bits per heavy atom. The summed E-state index contributed by atoms with van der Waals surface area (Å²) in [7, 11) is -4.16. The highest BCUT2D eigenvalue weighted by atomic mass is 32.2. The summed E-state index contributed by atoms with van der Waals surface area (Å²) in [4.78, 5) is 4.55. The molecule has 0 radical (unpaired) electrons. The van der Waals surface area contributed by atoms with Crippen LogP contribution in [0.4, 0.5) is 19.0 Å². The van der Waals surface area contributed by atoms with Gasteiger partial charge in [0.15, 0.2) is 0 Å². The van der Waals surface area contributed by atoms with Crippen molar-refractivity contribution in [3.8, 4) is 11.8 Å². The maximum Gasteiger partial charge on any atom is 0.573 e. The molecule has 1 aromatic heterocycles. The van der Waals surface area contributed by atoms with Gasteiger partial charge in [-0.05, 0) is 66.1 Å². The average Bonchev–Trinajstić information content (AvgIpc) is 3.72. The molecule has 1 saturated carbocycles. The van der Waals surface area contributed by atoms with Gasteiger partial charge >= 0.3 is 6.36 Å². The summed E-state index contributed by atoms with van der Waals surface area (Å²) in [5, 5.41) is 10.9. The van der Waals surface area contributed by atoms with Gasteiger partial charge in [0.2, 0.25) is 0 Å². The van der Waals surface area contributed by atoms with Gasteiger partial charge < -0.3 is 4.74 Å². The standard InChI is InChI=1S/C27H20F3N3O3S/c28-27(29,30)36-22-11-5-19(6-12-22)17-33(37(34,35)23-13-7-18(15-31)8-14-23)26-25(20-9-10-20)24-4-2-1-3-21(24)16-32-26/h1-8,11-14,16,20H,9-10,17H2. The topological polar surface area (TPSA) is 83.3 Å². The first-order chi connectivity index (χ1) is 17.7. The van der Waals surface area contributed by atoms with Gasteiger partial charge in [0.25, 0.3) is 10.0 Å². The Hall–Kier alpha value is -4.10. The predicted molar refractivity (Wildman–Crippen MR) is 131 cm³/mol. The number of pyridine rings is 1. The molecular weight excluding hydrogens is 503 g/mol. The zero-order chi connectivity index (χ0) is 26.2. The van der Waals surface area contributed by atoms with Crippen LogP contribution in [0.2, 0.25) is 0 Å². The number of aromatic nitrogens is 1. The number of anilines is 1. The summed E-state index contributed by atoms with van der Waals surface area (Å²) < 4.78 is 70.8. The van der Waals surface area contributed by atoms with Crippen molar-refractivity contribution >= 4 is 26.6 Å². The zero-order valence-corrected chi connectivity index (χ0v) is 20.1. The van der Waals surface area contributed by atoms with Crippen molar-refractivity contribution in [3.05, 3.63) is 95.7 Å². The molecule has 0 atom stereocenters. The fraction of sp³-hybridized carbons (Fsp3) is 0.185. The third kappa shape index (κ3) is 5.22. The number of hydrogen-bond donors (Lipinski definition) is 0. The molecule has 1 heterocycles. The zero-order valence-electron chi connectivity index (χ0n) is 19.3. The fourth-order valence-electron chi connectivity index (χ4n) is 4.21. The van der Waals surface area contributed by atoms with Gasteiger partial charge in [-0.15, -0.1) is 13.2 Å². The van der Waals surface area contributed by atoms with E-state index in [1.165, 1.54) is 40.7 Å². The van der Waals surface area contributed by atoms with Gasteiger partial charge in [0, 0.05) is 17.1 Å². The summed E-state index contributed by atoms with van der Waals surface area (Å²) in [5.74, 6) is 0.0243. The van der Waals surface area contributed by atoms with E-state index in [-0.39, 0.29) is 23.2 Å². The first-order valence-electron chi connectivity index (χ1n) is 11.4. The van der Waals surface area contributed by atoms with Crippen molar-refractivity contribution in [2.45, 2.75) is 36.6 Å². The minimum absolute atomic E-state index is 0.0276. The van der Waals surface area contributed by atoms with Crippen LogP contribution < -0.4 is 9.04 Å². The van der Waals surface area contributed by atoms with E-state index < -0.39 is 22.1 Å². The Balaban J connectivity index is 1.62. The summed E-state index contributed by atoms with van der Waals surface area (Å²) in [6.45, 7) is -0.167. The third-order valence-corrected chi connectivity index (χ3v) is 7.84. The van der Waals surface area contributed by atoms with Gasteiger partial charge in [0.1, 0.15) is 11.6 Å². The molecule has 0 spiro atoms. The predicted octanol–water partition coefficient (Wildman–Crippen LogP) is 6.28. The largest absolute Gasteiger partial charge is 0.573 e. The molecule has 37 heavy (non-hydrogen) atoms. The van der Waals surface area contributed by atoms with Crippen LogP contribution in [0.25, 0.3) is 10.8 Å². The highest BCUT2D eigenvalue weighted by Gasteiger charge is 2.35. The van der Waals surface area contributed by atoms with Crippen LogP contribution in [0.1, 0.15) is 35.4 Å². The van der Waals surface area contributed by atoms with E-state index >= 15 is 0 Å². The van der Waals surface area contributed by atoms with Crippen LogP contribution >= 0.6 is 0 Å². The molecule has 1 aliphatic carbocycles. The molecule has 10 heteroatoms. The van der Waals surface area contributed by atoms with E-state index in [0.29, 0.717) is 11.1 Å². The molecule has 0 bridgehead atoms. The molecular formula is C27H20F3N3O3S. The third-order valence-electron chi connectivity index (χ3n) is 6.09. The molecule has 0 unspecified atom stereocenters. The number of alkyl halides is 3. The SMILES string of the molecule is N#Cc1ccc(S(=O)(=O)N(Cc2ccc(OC(F)(F)F)cc2)c2ncc3ccccc3c2C2CC2)cc1. The van der Waals surface area contributed by atoms with Gasteiger partial charge in [0.05, 0.1) is 23.1 Å². The molecule has 0 saturated heterocycles. The number of sulfonamides is 1. The van der Waals surface area contributed by atoms with Crippen LogP contribution in [0.5, 0.6) is 5.75 Å². The Labute approximate surface area is 211 Å². The van der Waals surface area contributed by atoms with Gasteiger partial charge in [-0.25, -0.2) is 17.7 Å². The van der Waals surface area contributed by atoms with E-state index in [1.54, 1.807) is 6.20 Å². The number of hydrogen-bond acceptors (Lipinski definition) is 5. The van der Waals surface area contributed by atoms with Crippen molar-refractivity contribution in [1.29, 1.82) is 5.26 Å². The first-order valence-corrected chi connectivity index (χ1v) is 12.8. The summed E-state index contributed by atoms with van der Waals surface area (Å²) in [5.41, 5.74) is 1.59. The lowest BCUT2D eigenvalue weighted by Gasteiger charge is -2.27. The van der Waals surface area contributed by atoms with Crippen molar-refractivity contribution in [2.75, 3.05) is 4.31 Å². The number of ether oxygens (including phenoxy) is 1. The van der Waals surface area contributed by atoms with Crippen LogP contribution in [-0.2, 0) is 16.6 Å². The molecule has 3 aromatic carbocycles. The second-order valence-corrected chi connectivity index (χ2v) is 10.6. The van der Waals surface area contributed by atoms with E-state index in [9.17, 15) is 21.6 Å². The summed E-state index contributed by atoms with van der Waals surface area (Å²) in [6.07, 6.45) is -1.41. The van der Waals surface area contributed by atoms with Crippen LogP contribution in [-0.4, -0.2) is 19.8 Å². The summed E-state index contributed by atoms with van der Waals surface area (Å²) >= 11 is 0. The molecule has 0 amide bonds. The van der Waals surface area contributed by atoms with Crippen LogP contribution in [0.15, 0.2) is 83.9 Å². The van der Waals surface area contributed by atoms with Crippen LogP contribution in [0.3, 0.4) is 0 Å². The monoisotopic (exact) mass is 523 g/mol. The number of rotatable bonds is 7. The quantitative estimate of drug-likeness (QED) is 0.285. The Morgan fingerprint density at radius 1 is 1.00 bits per heavy atom. The molecule has 188 valence electrons. The number of fused-ring (bicyclic) bond motifs is 1. The molecule has 6 nitrogen and oxygen atoms in total. The normalized spacial score (nSPS) is 13.8. The Bertz CT molecular complexity index is 1590. The minimum Gasteiger partial charge on any atom is -0.406 e. The van der Waals surface area contributed by atoms with E-state index in [0.717, 1.165) is 41.3 Å². The molecule has 1 fully saturated rings. The van der Waals surface area contributed by atoms with Crippen molar-refractivity contribution in [2.24, 2.45) is 0 Å². The van der Waals surface area contributed by atoms with E-state index in [4.69, 9.17) is 5.26 Å². The second kappa shape index (κ2) is 9.41. The Kier molecular flexibility index (Phi) is 6.25. The smallest absolute Gasteiger partial charge is 0.406 e. The van der Waals surface area contributed by atoms with Crippen molar-refractivity contribution < 1.29 is 26.3 Å². The number of nitrogens with zero attached hydrogens (tertiary/aromatic N) is 3. The molecule has 4 aromatic rings. The van der Waals surface area contributed by atoms with Crippen molar-refractivity contribution in [3.63, 3.8) is 0 Å². The molecule has 1 aliphatic rings. The number of nitriles is 1. The van der Waals surface area contributed by atoms with Gasteiger partial charge in [-0.3, -0.25) is 0 Å². The number of benzene rings is 3. The second-order valence-electron chi connectivity index (χ2n) is 8.70. The van der Waals surface area contributed by atoms with Crippen LogP contribution in [0, 0.1) is 11.3 Å². The van der Waals surface area contributed by atoms with Gasteiger partial charge in [-0.2, -0.15) is 5.26 Å². The highest BCUT2D eigenvalue weighted by Crippen LogP contribution is 2.47. The Morgan fingerprint density at radius 3 is 2.30 bits per heavy atom. The lowest BCUT2D eigenvalue weighted by molar-refractivity contribution is -0.274. The van der Waals surface area contributed by atoms with Crippen molar-refractivity contribution in [1.82, 2.24) is 4.98 Å². The number of halogens is 3. The highest BCUT2D eigenvalue weighted by molar-refractivity contribution is 7.92. The van der Waals surface area contributed by atoms with E-state index in [1.807, 2.05) is 30.3 Å². The fourth-order valence-corrected chi connectivity index (χ4v) is 5.64. The maximum absolute atomic E-state index is 14.0. The molecule has 5 rings (SSSR count). The molecule has 0 aliphatic heterocycles. The summed E-state index contributed by atoms with van der Waals surface area (Å²) in [6, 6.07) is 20.2. The minimum atomic E-state index is -4.83. The first kappa shape index (κ1) is 24.6. The van der Waals surface area contributed by atoms with E-state index in [2.05, 4.69) is 9.72 Å². The lowest BCUT2D eigenvalue weighted by atomic mass is 10.0. The maximum atomic E-state index is 14.0. The lowest BCUT2D eigenvalue weighted by Crippen LogP contribution is -2.32.